The van der Waals surface area contributed by atoms with Gasteiger partial charge in [-0.05, 0) is 53.6 Å². The Labute approximate surface area is 171 Å². The van der Waals surface area contributed by atoms with Crippen molar-refractivity contribution in [2.75, 3.05) is 4.90 Å². The van der Waals surface area contributed by atoms with Gasteiger partial charge in [-0.3, -0.25) is 0 Å². The number of rotatable bonds is 8. The SMILES string of the molecule is CCC(CC)N(Cn1nnn(-c2c(F)cccc2F)c1=O)c1cccc(C(=O)O)c1. The molecular weight excluding hydrogens is 396 g/mol. The zero-order chi connectivity index (χ0) is 21.8. The Bertz CT molecular complexity index is 1090. The molecule has 1 aromatic heterocycles. The van der Waals surface area contributed by atoms with E-state index in [0.29, 0.717) is 10.4 Å². The van der Waals surface area contributed by atoms with Gasteiger partial charge in [0.2, 0.25) is 0 Å². The topological polar surface area (TPSA) is 93.3 Å². The molecule has 1 heterocycles. The van der Waals surface area contributed by atoms with Crippen molar-refractivity contribution < 1.29 is 18.7 Å². The van der Waals surface area contributed by atoms with Crippen LogP contribution in [0.3, 0.4) is 0 Å². The third-order valence-corrected chi connectivity index (χ3v) is 4.88. The Hall–Kier alpha value is -3.56. The number of halogens is 2. The van der Waals surface area contributed by atoms with Crippen molar-refractivity contribution in [2.24, 2.45) is 0 Å². The Balaban J connectivity index is 2.02. The van der Waals surface area contributed by atoms with Gasteiger partial charge in [0.25, 0.3) is 0 Å². The van der Waals surface area contributed by atoms with Crippen LogP contribution in [0.2, 0.25) is 0 Å². The number of aromatic nitrogens is 4. The summed E-state index contributed by atoms with van der Waals surface area (Å²) in [6.07, 6.45) is 1.44. The van der Waals surface area contributed by atoms with Crippen LogP contribution >= 0.6 is 0 Å². The van der Waals surface area contributed by atoms with Crippen LogP contribution in [-0.4, -0.2) is 36.9 Å². The number of nitrogens with zero attached hydrogens (tertiary/aromatic N) is 5. The zero-order valence-electron chi connectivity index (χ0n) is 16.5. The second kappa shape index (κ2) is 8.85. The van der Waals surface area contributed by atoms with Gasteiger partial charge in [-0.1, -0.05) is 26.0 Å². The number of carboxylic acid groups (broad SMARTS) is 1. The molecule has 3 rings (SSSR count). The van der Waals surface area contributed by atoms with E-state index in [1.54, 1.807) is 12.1 Å². The molecule has 30 heavy (non-hydrogen) atoms. The first-order valence-corrected chi connectivity index (χ1v) is 9.44. The number of hydrogen-bond acceptors (Lipinski definition) is 5. The first-order chi connectivity index (χ1) is 14.4. The van der Waals surface area contributed by atoms with Gasteiger partial charge in [0.05, 0.1) is 5.56 Å². The van der Waals surface area contributed by atoms with E-state index in [1.807, 2.05) is 18.7 Å². The molecule has 0 spiro atoms. The van der Waals surface area contributed by atoms with Crippen molar-refractivity contribution in [3.63, 3.8) is 0 Å². The van der Waals surface area contributed by atoms with Gasteiger partial charge in [0, 0.05) is 11.7 Å². The van der Waals surface area contributed by atoms with E-state index in [4.69, 9.17) is 0 Å². The molecule has 0 amide bonds. The smallest absolute Gasteiger partial charge is 0.370 e. The van der Waals surface area contributed by atoms with Crippen LogP contribution in [0.15, 0.2) is 47.3 Å². The summed E-state index contributed by atoms with van der Waals surface area (Å²) in [4.78, 5) is 25.9. The lowest BCUT2D eigenvalue weighted by Gasteiger charge is -2.32. The summed E-state index contributed by atoms with van der Waals surface area (Å²) in [6.45, 7) is 3.87. The second-order valence-corrected chi connectivity index (χ2v) is 6.68. The Kier molecular flexibility index (Phi) is 6.24. The molecule has 0 saturated heterocycles. The molecule has 0 saturated carbocycles. The van der Waals surface area contributed by atoms with E-state index in [1.165, 1.54) is 18.2 Å². The number of aromatic carboxylic acids is 1. The van der Waals surface area contributed by atoms with Gasteiger partial charge in [-0.25, -0.2) is 18.4 Å². The van der Waals surface area contributed by atoms with Crippen LogP contribution in [0.4, 0.5) is 14.5 Å². The summed E-state index contributed by atoms with van der Waals surface area (Å²) in [7, 11) is 0. The van der Waals surface area contributed by atoms with Crippen LogP contribution < -0.4 is 10.6 Å². The fourth-order valence-electron chi connectivity index (χ4n) is 3.29. The Morgan fingerprint density at radius 1 is 1.10 bits per heavy atom. The van der Waals surface area contributed by atoms with E-state index in [0.717, 1.165) is 29.7 Å². The van der Waals surface area contributed by atoms with E-state index in [9.17, 15) is 23.5 Å². The standard InChI is InChI=1S/C20H21F2N5O3/c1-3-14(4-2)25(15-8-5-7-13(11-15)19(28)29)12-26-20(30)27(24-23-26)18-16(21)9-6-10-17(18)22/h5-11,14H,3-4,12H2,1-2H3,(H,28,29). The summed E-state index contributed by atoms with van der Waals surface area (Å²) in [5.74, 6) is -2.94. The highest BCUT2D eigenvalue weighted by Crippen LogP contribution is 2.23. The molecule has 158 valence electrons. The minimum absolute atomic E-state index is 0.0312. The molecular formula is C20H21F2N5O3. The van der Waals surface area contributed by atoms with Gasteiger partial charge >= 0.3 is 11.7 Å². The van der Waals surface area contributed by atoms with Crippen molar-refractivity contribution >= 4 is 11.7 Å². The second-order valence-electron chi connectivity index (χ2n) is 6.68. The van der Waals surface area contributed by atoms with Gasteiger partial charge < -0.3 is 10.0 Å². The third kappa shape index (κ3) is 4.07. The summed E-state index contributed by atoms with van der Waals surface area (Å²) in [5, 5.41) is 16.7. The highest BCUT2D eigenvalue weighted by Gasteiger charge is 2.22. The number of tetrazole rings is 1. The van der Waals surface area contributed by atoms with Crippen molar-refractivity contribution in [3.8, 4) is 5.69 Å². The molecule has 0 unspecified atom stereocenters. The fraction of sp³-hybridized carbons (Fsp3) is 0.300. The molecule has 0 aliphatic carbocycles. The lowest BCUT2D eigenvalue weighted by molar-refractivity contribution is 0.0697. The van der Waals surface area contributed by atoms with Gasteiger partial charge in [-0.15, -0.1) is 0 Å². The maximum atomic E-state index is 14.1. The molecule has 0 aliphatic rings. The van der Waals surface area contributed by atoms with Gasteiger partial charge in [0.15, 0.2) is 11.6 Å². The summed E-state index contributed by atoms with van der Waals surface area (Å²) < 4.78 is 29.7. The normalized spacial score (nSPS) is 11.1. The molecule has 0 atom stereocenters. The lowest BCUT2D eigenvalue weighted by atomic mass is 10.1. The minimum Gasteiger partial charge on any atom is -0.478 e. The largest absolute Gasteiger partial charge is 0.478 e. The van der Waals surface area contributed by atoms with Gasteiger partial charge in [0.1, 0.15) is 12.4 Å². The Morgan fingerprint density at radius 3 is 2.33 bits per heavy atom. The van der Waals surface area contributed by atoms with Gasteiger partial charge in [-0.2, -0.15) is 9.36 Å². The molecule has 0 aliphatic heterocycles. The predicted molar refractivity (Wildman–Crippen MR) is 106 cm³/mol. The minimum atomic E-state index is -1.07. The molecule has 0 fully saturated rings. The highest BCUT2D eigenvalue weighted by atomic mass is 19.1. The maximum absolute atomic E-state index is 14.1. The van der Waals surface area contributed by atoms with Crippen LogP contribution in [0.5, 0.6) is 0 Å². The van der Waals surface area contributed by atoms with Crippen molar-refractivity contribution in [3.05, 3.63) is 70.1 Å². The molecule has 3 aromatic rings. The van der Waals surface area contributed by atoms with E-state index >= 15 is 0 Å². The molecule has 0 bridgehead atoms. The van der Waals surface area contributed by atoms with Crippen molar-refractivity contribution in [1.29, 1.82) is 0 Å². The monoisotopic (exact) mass is 417 g/mol. The number of hydrogen-bond donors (Lipinski definition) is 1. The predicted octanol–water partition coefficient (Wildman–Crippen LogP) is 3.06. The molecule has 8 nitrogen and oxygen atoms in total. The number of anilines is 1. The van der Waals surface area contributed by atoms with Crippen molar-refractivity contribution in [1.82, 2.24) is 19.8 Å². The quantitative estimate of drug-likeness (QED) is 0.606. The molecule has 2 aromatic carbocycles. The highest BCUT2D eigenvalue weighted by molar-refractivity contribution is 5.88. The molecule has 0 radical (unpaired) electrons. The van der Waals surface area contributed by atoms with Crippen molar-refractivity contribution in [2.45, 2.75) is 39.4 Å². The van der Waals surface area contributed by atoms with Crippen LogP contribution in [0.25, 0.3) is 5.69 Å². The first kappa shape index (κ1) is 21.2. The molecule has 10 heteroatoms. The van der Waals surface area contributed by atoms with E-state index in [-0.39, 0.29) is 18.3 Å². The summed E-state index contributed by atoms with van der Waals surface area (Å²) in [5.41, 5.74) is -0.727. The number of para-hydroxylation sites is 1. The number of benzene rings is 2. The zero-order valence-corrected chi connectivity index (χ0v) is 16.5. The van der Waals surface area contributed by atoms with Crippen LogP contribution in [-0.2, 0) is 6.67 Å². The number of carboxylic acids is 1. The van der Waals surface area contributed by atoms with E-state index in [2.05, 4.69) is 10.4 Å². The summed E-state index contributed by atoms with van der Waals surface area (Å²) >= 11 is 0. The molecule has 1 N–H and O–H groups in total. The first-order valence-electron chi connectivity index (χ1n) is 9.44. The van der Waals surface area contributed by atoms with Crippen LogP contribution in [0.1, 0.15) is 37.0 Å². The third-order valence-electron chi connectivity index (χ3n) is 4.88. The number of carbonyl (C=O) groups is 1. The summed E-state index contributed by atoms with van der Waals surface area (Å²) in [6, 6.07) is 9.53. The lowest BCUT2D eigenvalue weighted by Crippen LogP contribution is -2.40. The Morgan fingerprint density at radius 2 is 1.73 bits per heavy atom. The fourth-order valence-corrected chi connectivity index (χ4v) is 3.29. The average Bonchev–Trinajstić information content (AvgIpc) is 3.08. The average molecular weight is 417 g/mol. The van der Waals surface area contributed by atoms with Crippen LogP contribution in [0, 0.1) is 11.6 Å². The maximum Gasteiger partial charge on any atom is 0.370 e. The van der Waals surface area contributed by atoms with E-state index < -0.39 is 29.0 Å².